The van der Waals surface area contributed by atoms with Crippen molar-refractivity contribution < 1.29 is 27.2 Å². The number of nitrogens with one attached hydrogen (secondary N) is 2. The zero-order chi connectivity index (χ0) is 21.7. The number of anilines is 1. The molecule has 0 saturated carbocycles. The highest BCUT2D eigenvalue weighted by Crippen LogP contribution is 2.30. The molecule has 0 spiro atoms. The molecule has 0 aliphatic carbocycles. The summed E-state index contributed by atoms with van der Waals surface area (Å²) in [6, 6.07) is 7.50. The number of aromatic nitrogens is 3. The summed E-state index contributed by atoms with van der Waals surface area (Å²) >= 11 is 1.06. The number of carbonyl (C=O) groups is 2. The number of nitrogens with zero attached hydrogens (tertiary/aromatic N) is 3. The summed E-state index contributed by atoms with van der Waals surface area (Å²) in [6.07, 6.45) is -3.10. The molecule has 2 aromatic heterocycles. The number of rotatable bonds is 7. The van der Waals surface area contributed by atoms with Gasteiger partial charge in [0.2, 0.25) is 5.91 Å². The molecule has 0 bridgehead atoms. The van der Waals surface area contributed by atoms with Gasteiger partial charge in [-0.3, -0.25) is 9.59 Å². The van der Waals surface area contributed by atoms with Crippen LogP contribution in [0.2, 0.25) is 0 Å². The molecule has 30 heavy (non-hydrogen) atoms. The number of amides is 2. The van der Waals surface area contributed by atoms with Gasteiger partial charge in [-0.1, -0.05) is 17.8 Å². The highest BCUT2D eigenvalue weighted by molar-refractivity contribution is 7.99. The highest BCUT2D eigenvalue weighted by Gasteiger charge is 2.30. The maximum atomic E-state index is 12.7. The monoisotopic (exact) mass is 439 g/mol. The van der Waals surface area contributed by atoms with E-state index in [0.29, 0.717) is 11.0 Å². The van der Waals surface area contributed by atoms with Crippen LogP contribution < -0.4 is 10.6 Å². The van der Waals surface area contributed by atoms with Crippen LogP contribution in [0.25, 0.3) is 0 Å². The maximum Gasteiger partial charge on any atom is 0.416 e. The standard InChI is InChI=1S/C18H16F3N5O3S/c1-26-14(9-22-16(28)13-6-3-7-29-13)24-25-17(26)30-10-15(27)23-12-5-2-4-11(8-12)18(19,20)21/h2-8H,9-10H2,1H3,(H,22,28)(H,23,27). The predicted octanol–water partition coefficient (Wildman–Crippen LogP) is 3.09. The maximum absolute atomic E-state index is 12.7. The van der Waals surface area contributed by atoms with Gasteiger partial charge in [0.1, 0.15) is 0 Å². The first-order valence-corrected chi connectivity index (χ1v) is 9.52. The largest absolute Gasteiger partial charge is 0.459 e. The van der Waals surface area contributed by atoms with Crippen LogP contribution in [0.3, 0.4) is 0 Å². The second kappa shape index (κ2) is 9.03. The molecule has 0 atom stereocenters. The Labute approximate surface area is 172 Å². The lowest BCUT2D eigenvalue weighted by Crippen LogP contribution is -2.24. The van der Waals surface area contributed by atoms with Crippen LogP contribution >= 0.6 is 11.8 Å². The van der Waals surface area contributed by atoms with E-state index in [0.717, 1.165) is 23.9 Å². The third kappa shape index (κ3) is 5.41. The average molecular weight is 439 g/mol. The lowest BCUT2D eigenvalue weighted by molar-refractivity contribution is -0.137. The van der Waals surface area contributed by atoms with Gasteiger partial charge in [0.15, 0.2) is 16.7 Å². The Morgan fingerprint density at radius 3 is 2.70 bits per heavy atom. The van der Waals surface area contributed by atoms with Crippen molar-refractivity contribution in [2.75, 3.05) is 11.1 Å². The van der Waals surface area contributed by atoms with Gasteiger partial charge in [-0.25, -0.2) is 0 Å². The van der Waals surface area contributed by atoms with Crippen molar-refractivity contribution >= 4 is 29.3 Å². The minimum Gasteiger partial charge on any atom is -0.459 e. The summed E-state index contributed by atoms with van der Waals surface area (Å²) in [7, 11) is 1.67. The van der Waals surface area contributed by atoms with E-state index in [1.165, 1.54) is 24.5 Å². The number of furan rings is 1. The zero-order valence-corrected chi connectivity index (χ0v) is 16.4. The number of halogens is 3. The number of benzene rings is 1. The van der Waals surface area contributed by atoms with E-state index in [4.69, 9.17) is 4.42 Å². The van der Waals surface area contributed by atoms with E-state index in [-0.39, 0.29) is 23.7 Å². The van der Waals surface area contributed by atoms with Crippen LogP contribution in [-0.2, 0) is 24.6 Å². The Bertz CT molecular complexity index is 1030. The van der Waals surface area contributed by atoms with Gasteiger partial charge in [0.05, 0.1) is 24.1 Å². The first-order valence-electron chi connectivity index (χ1n) is 8.54. The Morgan fingerprint density at radius 1 is 1.20 bits per heavy atom. The molecule has 0 aliphatic heterocycles. The molecule has 2 heterocycles. The van der Waals surface area contributed by atoms with Crippen molar-refractivity contribution in [3.63, 3.8) is 0 Å². The number of carbonyl (C=O) groups excluding carboxylic acids is 2. The topological polar surface area (TPSA) is 102 Å². The van der Waals surface area contributed by atoms with E-state index < -0.39 is 23.6 Å². The molecule has 1 aromatic carbocycles. The van der Waals surface area contributed by atoms with Crippen LogP contribution in [0.15, 0.2) is 52.2 Å². The molecular formula is C18H16F3N5O3S. The van der Waals surface area contributed by atoms with Gasteiger partial charge >= 0.3 is 6.18 Å². The van der Waals surface area contributed by atoms with Gasteiger partial charge in [-0.05, 0) is 30.3 Å². The molecule has 0 saturated heterocycles. The van der Waals surface area contributed by atoms with Crippen LogP contribution in [0.1, 0.15) is 21.9 Å². The van der Waals surface area contributed by atoms with Crippen molar-refractivity contribution in [2.45, 2.75) is 17.9 Å². The molecule has 158 valence electrons. The summed E-state index contributed by atoms with van der Waals surface area (Å²) in [4.78, 5) is 24.0. The first-order chi connectivity index (χ1) is 14.2. The minimum absolute atomic E-state index is 0.0507. The number of thioether (sulfide) groups is 1. The summed E-state index contributed by atoms with van der Waals surface area (Å²) in [5, 5.41) is 13.4. The molecule has 3 rings (SSSR count). The Balaban J connectivity index is 1.52. The molecule has 0 radical (unpaired) electrons. The third-order valence-electron chi connectivity index (χ3n) is 3.88. The molecule has 12 heteroatoms. The average Bonchev–Trinajstić information content (AvgIpc) is 3.35. The minimum atomic E-state index is -4.49. The second-order valence-corrected chi connectivity index (χ2v) is 6.98. The number of hydrogen-bond acceptors (Lipinski definition) is 6. The van der Waals surface area contributed by atoms with Crippen LogP contribution in [0, 0.1) is 0 Å². The van der Waals surface area contributed by atoms with E-state index in [2.05, 4.69) is 20.8 Å². The number of hydrogen-bond donors (Lipinski definition) is 2. The zero-order valence-electron chi connectivity index (χ0n) is 15.6. The highest BCUT2D eigenvalue weighted by atomic mass is 32.2. The molecular weight excluding hydrogens is 423 g/mol. The lowest BCUT2D eigenvalue weighted by atomic mass is 10.2. The normalized spacial score (nSPS) is 11.3. The molecule has 0 fully saturated rings. The smallest absolute Gasteiger partial charge is 0.416 e. The Morgan fingerprint density at radius 2 is 2.00 bits per heavy atom. The van der Waals surface area contributed by atoms with Crippen LogP contribution in [0.4, 0.5) is 18.9 Å². The summed E-state index contributed by atoms with van der Waals surface area (Å²) in [6.45, 7) is 0.0972. The molecule has 2 amide bonds. The van der Waals surface area contributed by atoms with Crippen molar-refractivity contribution in [3.05, 3.63) is 59.8 Å². The van der Waals surface area contributed by atoms with Gasteiger partial charge in [0.25, 0.3) is 5.91 Å². The predicted molar refractivity (Wildman–Crippen MR) is 102 cm³/mol. The van der Waals surface area contributed by atoms with Gasteiger partial charge in [-0.2, -0.15) is 13.2 Å². The third-order valence-corrected chi connectivity index (χ3v) is 4.90. The fourth-order valence-corrected chi connectivity index (χ4v) is 3.11. The second-order valence-electron chi connectivity index (χ2n) is 6.03. The van der Waals surface area contributed by atoms with E-state index in [1.807, 2.05) is 0 Å². The SMILES string of the molecule is Cn1c(CNC(=O)c2ccco2)nnc1SCC(=O)Nc1cccc(C(F)(F)F)c1. The molecule has 0 unspecified atom stereocenters. The quantitative estimate of drug-likeness (QED) is 0.549. The molecule has 2 N–H and O–H groups in total. The summed E-state index contributed by atoms with van der Waals surface area (Å²) < 4.78 is 44.8. The molecule has 0 aliphatic rings. The first kappa shape index (κ1) is 21.4. The Kier molecular flexibility index (Phi) is 6.45. The molecule has 8 nitrogen and oxygen atoms in total. The number of alkyl halides is 3. The van der Waals surface area contributed by atoms with E-state index >= 15 is 0 Å². The van der Waals surface area contributed by atoms with Crippen molar-refractivity contribution in [1.29, 1.82) is 0 Å². The Hall–Kier alpha value is -3.28. The fraction of sp³-hybridized carbons (Fsp3) is 0.222. The fourth-order valence-electron chi connectivity index (χ4n) is 2.38. The van der Waals surface area contributed by atoms with Crippen LogP contribution in [-0.4, -0.2) is 32.3 Å². The van der Waals surface area contributed by atoms with Gasteiger partial charge in [0, 0.05) is 12.7 Å². The van der Waals surface area contributed by atoms with Crippen molar-refractivity contribution in [2.24, 2.45) is 7.05 Å². The van der Waals surface area contributed by atoms with Crippen LogP contribution in [0.5, 0.6) is 0 Å². The summed E-state index contributed by atoms with van der Waals surface area (Å²) in [5.74, 6) is -0.359. The van der Waals surface area contributed by atoms with Crippen molar-refractivity contribution in [3.8, 4) is 0 Å². The van der Waals surface area contributed by atoms with E-state index in [9.17, 15) is 22.8 Å². The lowest BCUT2D eigenvalue weighted by Gasteiger charge is -2.09. The van der Waals surface area contributed by atoms with E-state index in [1.54, 1.807) is 17.7 Å². The molecule has 3 aromatic rings. The van der Waals surface area contributed by atoms with Gasteiger partial charge < -0.3 is 19.6 Å². The summed E-state index contributed by atoms with van der Waals surface area (Å²) in [5.41, 5.74) is -0.794. The van der Waals surface area contributed by atoms with Crippen molar-refractivity contribution in [1.82, 2.24) is 20.1 Å². The van der Waals surface area contributed by atoms with Gasteiger partial charge in [-0.15, -0.1) is 10.2 Å².